The van der Waals surface area contributed by atoms with Gasteiger partial charge in [0.1, 0.15) is 0 Å². The van der Waals surface area contributed by atoms with Gasteiger partial charge in [0.15, 0.2) is 0 Å². The van der Waals surface area contributed by atoms with Crippen molar-refractivity contribution >= 4 is 5.97 Å². The third-order valence-corrected chi connectivity index (χ3v) is 8.76. The van der Waals surface area contributed by atoms with Crippen LogP contribution in [0.3, 0.4) is 0 Å². The first-order valence-corrected chi connectivity index (χ1v) is 16.7. The lowest BCUT2D eigenvalue weighted by molar-refractivity contribution is -0.158. The van der Waals surface area contributed by atoms with Gasteiger partial charge in [-0.2, -0.15) is 0 Å². The molecule has 0 radical (unpaired) electrons. The zero-order valence-electron chi connectivity index (χ0n) is 25.8. The third kappa shape index (κ3) is 19.6. The number of unbranched alkanes of at least 4 members (excludes halogenated alkanes) is 21. The molecule has 36 heavy (non-hydrogen) atoms. The Morgan fingerprint density at radius 1 is 0.556 bits per heavy atom. The summed E-state index contributed by atoms with van der Waals surface area (Å²) in [5.74, 6) is 0.444. The summed E-state index contributed by atoms with van der Waals surface area (Å²) in [7, 11) is 0. The van der Waals surface area contributed by atoms with Crippen molar-refractivity contribution in [1.82, 2.24) is 0 Å². The van der Waals surface area contributed by atoms with Gasteiger partial charge in [-0.3, -0.25) is 4.79 Å². The molecule has 0 aliphatic heterocycles. The van der Waals surface area contributed by atoms with Gasteiger partial charge in [-0.15, -0.1) is 0 Å². The minimum Gasteiger partial charge on any atom is -0.465 e. The maximum atomic E-state index is 12.9. The second-order valence-electron chi connectivity index (χ2n) is 12.0. The van der Waals surface area contributed by atoms with Gasteiger partial charge in [0.05, 0.1) is 12.0 Å². The second-order valence-corrected chi connectivity index (χ2v) is 12.0. The maximum absolute atomic E-state index is 12.9. The van der Waals surface area contributed by atoms with Crippen LogP contribution in [0.15, 0.2) is 0 Å². The van der Waals surface area contributed by atoms with Crippen LogP contribution < -0.4 is 0 Å². The van der Waals surface area contributed by atoms with Crippen molar-refractivity contribution in [3.63, 3.8) is 0 Å². The van der Waals surface area contributed by atoms with Crippen LogP contribution in [0.2, 0.25) is 0 Å². The summed E-state index contributed by atoms with van der Waals surface area (Å²) in [6, 6.07) is 0. The Labute approximate surface area is 228 Å². The first-order valence-electron chi connectivity index (χ1n) is 16.7. The van der Waals surface area contributed by atoms with Gasteiger partial charge in [-0.1, -0.05) is 169 Å². The first-order chi connectivity index (χ1) is 17.5. The van der Waals surface area contributed by atoms with Crippen LogP contribution in [-0.4, -0.2) is 12.6 Å². The molecule has 0 aromatic carbocycles. The fraction of sp³-hybridized carbons (Fsp3) is 0.971. The van der Waals surface area contributed by atoms with Gasteiger partial charge < -0.3 is 4.74 Å². The van der Waals surface area contributed by atoms with Crippen molar-refractivity contribution in [2.45, 2.75) is 195 Å². The fourth-order valence-electron chi connectivity index (χ4n) is 5.40. The van der Waals surface area contributed by atoms with E-state index in [0.29, 0.717) is 12.5 Å². The van der Waals surface area contributed by atoms with Gasteiger partial charge in [0, 0.05) is 0 Å². The Morgan fingerprint density at radius 3 is 1.25 bits per heavy atom. The summed E-state index contributed by atoms with van der Waals surface area (Å²) in [4.78, 5) is 12.9. The molecule has 2 unspecified atom stereocenters. The number of rotatable bonds is 28. The molecule has 0 aliphatic carbocycles. The van der Waals surface area contributed by atoms with Gasteiger partial charge in [0.25, 0.3) is 0 Å². The Kier molecular flexibility index (Phi) is 25.7. The lowest BCUT2D eigenvalue weighted by atomic mass is 9.73. The summed E-state index contributed by atoms with van der Waals surface area (Å²) < 4.78 is 5.78. The Morgan fingerprint density at radius 2 is 0.889 bits per heavy atom. The molecule has 0 aromatic heterocycles. The van der Waals surface area contributed by atoms with Gasteiger partial charge >= 0.3 is 5.97 Å². The highest BCUT2D eigenvalue weighted by atomic mass is 16.5. The van der Waals surface area contributed by atoms with Gasteiger partial charge in [-0.05, 0) is 32.1 Å². The van der Waals surface area contributed by atoms with E-state index in [2.05, 4.69) is 34.6 Å². The highest BCUT2D eigenvalue weighted by molar-refractivity contribution is 5.76. The van der Waals surface area contributed by atoms with Crippen LogP contribution in [0.1, 0.15) is 195 Å². The highest BCUT2D eigenvalue weighted by Gasteiger charge is 2.38. The van der Waals surface area contributed by atoms with E-state index in [0.717, 1.165) is 19.3 Å². The van der Waals surface area contributed by atoms with E-state index >= 15 is 0 Å². The number of esters is 1. The van der Waals surface area contributed by atoms with Crippen LogP contribution in [0.25, 0.3) is 0 Å². The van der Waals surface area contributed by atoms with Crippen molar-refractivity contribution < 1.29 is 9.53 Å². The minimum absolute atomic E-state index is 0.0450. The lowest BCUT2D eigenvalue weighted by Crippen LogP contribution is -2.36. The molecule has 0 spiro atoms. The highest BCUT2D eigenvalue weighted by Crippen LogP contribution is 2.36. The number of carbonyl (C=O) groups excluding carboxylic acids is 1. The molecule has 216 valence electrons. The number of hydrogen-bond donors (Lipinski definition) is 0. The Hall–Kier alpha value is -0.530. The van der Waals surface area contributed by atoms with Crippen molar-refractivity contribution in [3.05, 3.63) is 0 Å². The zero-order valence-corrected chi connectivity index (χ0v) is 25.8. The van der Waals surface area contributed by atoms with Gasteiger partial charge in [0.2, 0.25) is 0 Å². The smallest absolute Gasteiger partial charge is 0.312 e. The van der Waals surface area contributed by atoms with E-state index in [9.17, 15) is 4.79 Å². The van der Waals surface area contributed by atoms with Crippen LogP contribution in [-0.2, 0) is 9.53 Å². The molecule has 0 aromatic rings. The van der Waals surface area contributed by atoms with Crippen molar-refractivity contribution in [2.24, 2.45) is 11.3 Å². The summed E-state index contributed by atoms with van der Waals surface area (Å²) >= 11 is 0. The van der Waals surface area contributed by atoms with Gasteiger partial charge in [-0.25, -0.2) is 0 Å². The summed E-state index contributed by atoms with van der Waals surface area (Å²) in [6.45, 7) is 11.7. The predicted octanol–water partition coefficient (Wildman–Crippen LogP) is 12.0. The van der Waals surface area contributed by atoms with Crippen LogP contribution in [0.5, 0.6) is 0 Å². The molecule has 2 nitrogen and oxygen atoms in total. The van der Waals surface area contributed by atoms with E-state index < -0.39 is 0 Å². The molecule has 2 heteroatoms. The quantitative estimate of drug-likeness (QED) is 0.0775. The Bertz CT molecular complexity index is 460. The molecule has 0 aliphatic rings. The molecule has 0 saturated carbocycles. The molecular weight excluding hydrogens is 440 g/mol. The lowest BCUT2D eigenvalue weighted by Gasteiger charge is -2.32. The van der Waals surface area contributed by atoms with E-state index in [1.54, 1.807) is 0 Å². The zero-order chi connectivity index (χ0) is 26.7. The summed E-state index contributed by atoms with van der Waals surface area (Å²) in [5, 5.41) is 0. The van der Waals surface area contributed by atoms with Crippen LogP contribution >= 0.6 is 0 Å². The van der Waals surface area contributed by atoms with Crippen molar-refractivity contribution in [3.8, 4) is 0 Å². The minimum atomic E-state index is -0.324. The second kappa shape index (κ2) is 26.1. The largest absolute Gasteiger partial charge is 0.465 e. The SMILES string of the molecule is CCCCCCCCCCCCCCOC(=O)C(C)(CC)C(C)CCCCCCCCCCCCC. The van der Waals surface area contributed by atoms with E-state index in [-0.39, 0.29) is 11.4 Å². The summed E-state index contributed by atoms with van der Waals surface area (Å²) in [6.07, 6.45) is 33.2. The number of carbonyl (C=O) groups is 1. The molecule has 0 amide bonds. The molecular formula is C34H68O2. The van der Waals surface area contributed by atoms with E-state index in [1.807, 2.05) is 0 Å². The van der Waals surface area contributed by atoms with Crippen LogP contribution in [0, 0.1) is 11.3 Å². The average molecular weight is 509 g/mol. The summed E-state index contributed by atoms with van der Waals surface area (Å²) in [5.41, 5.74) is -0.324. The number of ether oxygens (including phenoxy) is 1. The fourth-order valence-corrected chi connectivity index (χ4v) is 5.40. The molecule has 0 heterocycles. The van der Waals surface area contributed by atoms with Crippen molar-refractivity contribution in [2.75, 3.05) is 6.61 Å². The van der Waals surface area contributed by atoms with Crippen LogP contribution in [0.4, 0.5) is 0 Å². The molecule has 2 atom stereocenters. The standard InChI is InChI=1S/C34H68O2/c1-6-9-11-13-15-17-19-21-23-25-27-29-31-36-33(35)34(5,8-3)32(4)30-28-26-24-22-20-18-16-14-12-10-7-2/h32H,6-31H2,1-5H3. The average Bonchev–Trinajstić information content (AvgIpc) is 2.89. The predicted molar refractivity (Wildman–Crippen MR) is 161 cm³/mol. The van der Waals surface area contributed by atoms with Crippen molar-refractivity contribution in [1.29, 1.82) is 0 Å². The molecule has 0 bridgehead atoms. The maximum Gasteiger partial charge on any atom is 0.312 e. The van der Waals surface area contributed by atoms with E-state index in [1.165, 1.54) is 141 Å². The molecule has 0 N–H and O–H groups in total. The first kappa shape index (κ1) is 35.5. The van der Waals surface area contributed by atoms with E-state index in [4.69, 9.17) is 4.74 Å². The number of hydrogen-bond acceptors (Lipinski definition) is 2. The third-order valence-electron chi connectivity index (χ3n) is 8.76. The molecule has 0 saturated heterocycles. The monoisotopic (exact) mass is 509 g/mol. The Balaban J connectivity index is 3.75. The topological polar surface area (TPSA) is 26.3 Å². The molecule has 0 fully saturated rings. The molecule has 0 rings (SSSR count). The normalized spacial score (nSPS) is 14.0.